The molecule has 0 saturated heterocycles. The Balaban J connectivity index is 1.83. The van der Waals surface area contributed by atoms with Crippen LogP contribution in [0.3, 0.4) is 0 Å². The second-order valence-electron chi connectivity index (χ2n) is 5.20. The van der Waals surface area contributed by atoms with Gasteiger partial charge in [-0.1, -0.05) is 53.8 Å². The molecule has 7 heteroatoms. The van der Waals surface area contributed by atoms with Gasteiger partial charge >= 0.3 is 5.97 Å². The van der Waals surface area contributed by atoms with Crippen molar-refractivity contribution in [3.8, 4) is 17.0 Å². The number of rotatable bonds is 6. The van der Waals surface area contributed by atoms with E-state index in [4.69, 9.17) is 9.47 Å². The van der Waals surface area contributed by atoms with Gasteiger partial charge in [-0.15, -0.1) is 0 Å². The smallest absolute Gasteiger partial charge is 0.350 e. The first kappa shape index (κ1) is 17.6. The standard InChI is InChI=1S/C19H17N3O3S/c1-24-15-10-6-7-13(11-15)12-20-22-19-21-16(14-8-4-3-5-9-14)17(26-19)18(23)25-2/h3-12H,1-2H3,(H,21,22)/b20-12-. The molecule has 0 aliphatic rings. The molecular formula is C19H17N3O3S. The number of aromatic nitrogens is 1. The van der Waals surface area contributed by atoms with Crippen LogP contribution in [0.4, 0.5) is 5.13 Å². The number of anilines is 1. The van der Waals surface area contributed by atoms with Crippen LogP contribution in [0.15, 0.2) is 59.7 Å². The van der Waals surface area contributed by atoms with E-state index in [-0.39, 0.29) is 0 Å². The van der Waals surface area contributed by atoms with Crippen LogP contribution in [0.25, 0.3) is 11.3 Å². The minimum Gasteiger partial charge on any atom is -0.497 e. The van der Waals surface area contributed by atoms with Gasteiger partial charge in [0.15, 0.2) is 0 Å². The lowest BCUT2D eigenvalue weighted by molar-refractivity contribution is 0.0607. The van der Waals surface area contributed by atoms with Crippen molar-refractivity contribution in [1.82, 2.24) is 4.98 Å². The van der Waals surface area contributed by atoms with E-state index in [1.807, 2.05) is 54.6 Å². The number of ether oxygens (including phenoxy) is 2. The third-order valence-electron chi connectivity index (χ3n) is 3.51. The number of esters is 1. The van der Waals surface area contributed by atoms with Gasteiger partial charge in [0, 0.05) is 5.56 Å². The zero-order valence-electron chi connectivity index (χ0n) is 14.3. The Kier molecular flexibility index (Phi) is 5.60. The Hall–Kier alpha value is -3.19. The SMILES string of the molecule is COC(=O)c1sc(N/N=C\c2cccc(OC)c2)nc1-c1ccccc1. The number of carbonyl (C=O) groups excluding carboxylic acids is 1. The number of carbonyl (C=O) groups is 1. The van der Waals surface area contributed by atoms with Gasteiger partial charge in [-0.05, 0) is 17.7 Å². The number of thiazole rings is 1. The van der Waals surface area contributed by atoms with Crippen LogP contribution < -0.4 is 10.2 Å². The van der Waals surface area contributed by atoms with Crippen molar-refractivity contribution < 1.29 is 14.3 Å². The van der Waals surface area contributed by atoms with Gasteiger partial charge in [0.25, 0.3) is 0 Å². The van der Waals surface area contributed by atoms with Crippen LogP contribution in [-0.2, 0) is 4.74 Å². The van der Waals surface area contributed by atoms with Crippen LogP contribution in [0.1, 0.15) is 15.2 Å². The van der Waals surface area contributed by atoms with E-state index in [2.05, 4.69) is 15.5 Å². The van der Waals surface area contributed by atoms with Gasteiger partial charge < -0.3 is 9.47 Å². The molecule has 0 bridgehead atoms. The topological polar surface area (TPSA) is 72.8 Å². The number of nitrogens with one attached hydrogen (secondary N) is 1. The molecule has 26 heavy (non-hydrogen) atoms. The highest BCUT2D eigenvalue weighted by atomic mass is 32.1. The summed E-state index contributed by atoms with van der Waals surface area (Å²) in [5, 5.41) is 4.69. The third kappa shape index (κ3) is 4.07. The van der Waals surface area contributed by atoms with Gasteiger partial charge in [0.05, 0.1) is 26.1 Å². The number of nitrogens with zero attached hydrogens (tertiary/aromatic N) is 2. The molecule has 1 heterocycles. The normalized spacial score (nSPS) is 10.7. The van der Waals surface area contributed by atoms with Crippen molar-refractivity contribution in [2.45, 2.75) is 0 Å². The Labute approximate surface area is 155 Å². The molecule has 0 saturated carbocycles. The second-order valence-corrected chi connectivity index (χ2v) is 6.20. The van der Waals surface area contributed by atoms with Gasteiger partial charge in [-0.3, -0.25) is 5.43 Å². The first-order valence-corrected chi connectivity index (χ1v) is 8.60. The second kappa shape index (κ2) is 8.26. The minimum absolute atomic E-state index is 0.425. The lowest BCUT2D eigenvalue weighted by atomic mass is 10.1. The first-order valence-electron chi connectivity index (χ1n) is 7.79. The fourth-order valence-electron chi connectivity index (χ4n) is 2.27. The van der Waals surface area contributed by atoms with Crippen molar-refractivity contribution in [3.63, 3.8) is 0 Å². The Bertz CT molecular complexity index is 923. The molecule has 3 aromatic rings. The van der Waals surface area contributed by atoms with Gasteiger partial charge in [-0.2, -0.15) is 5.10 Å². The highest BCUT2D eigenvalue weighted by Gasteiger charge is 2.19. The molecule has 0 amide bonds. The average Bonchev–Trinajstić information content (AvgIpc) is 3.12. The molecular weight excluding hydrogens is 350 g/mol. The van der Waals surface area contributed by atoms with Crippen molar-refractivity contribution in [3.05, 3.63) is 65.0 Å². The maximum absolute atomic E-state index is 12.1. The van der Waals surface area contributed by atoms with Gasteiger partial charge in [-0.25, -0.2) is 9.78 Å². The van der Waals surface area contributed by atoms with Crippen LogP contribution in [0, 0.1) is 0 Å². The minimum atomic E-state index is -0.425. The zero-order chi connectivity index (χ0) is 18.4. The monoisotopic (exact) mass is 367 g/mol. The van der Waals surface area contributed by atoms with Gasteiger partial charge in [0.2, 0.25) is 5.13 Å². The summed E-state index contributed by atoms with van der Waals surface area (Å²) in [5.41, 5.74) is 5.16. The van der Waals surface area contributed by atoms with Crippen LogP contribution in [0.5, 0.6) is 5.75 Å². The zero-order valence-corrected chi connectivity index (χ0v) is 15.1. The summed E-state index contributed by atoms with van der Waals surface area (Å²) in [4.78, 5) is 17.0. The van der Waals surface area contributed by atoms with Crippen molar-refractivity contribution >= 4 is 28.7 Å². The molecule has 3 rings (SSSR count). The predicted molar refractivity (Wildman–Crippen MR) is 103 cm³/mol. The molecule has 2 aromatic carbocycles. The number of methoxy groups -OCH3 is 2. The molecule has 132 valence electrons. The molecule has 1 N–H and O–H groups in total. The highest BCUT2D eigenvalue weighted by Crippen LogP contribution is 2.31. The number of benzene rings is 2. The van der Waals surface area contributed by atoms with E-state index in [1.165, 1.54) is 18.4 Å². The lowest BCUT2D eigenvalue weighted by Crippen LogP contribution is -2.00. The van der Waals surface area contributed by atoms with Crippen LogP contribution in [-0.4, -0.2) is 31.4 Å². The Morgan fingerprint density at radius 1 is 1.15 bits per heavy atom. The van der Waals surface area contributed by atoms with Crippen LogP contribution in [0.2, 0.25) is 0 Å². The predicted octanol–water partition coefficient (Wildman–Crippen LogP) is 4.05. The summed E-state index contributed by atoms with van der Waals surface area (Å²) >= 11 is 1.19. The summed E-state index contributed by atoms with van der Waals surface area (Å²) in [6.45, 7) is 0. The summed E-state index contributed by atoms with van der Waals surface area (Å²) in [7, 11) is 2.97. The van der Waals surface area contributed by atoms with Gasteiger partial charge in [0.1, 0.15) is 10.6 Å². The largest absolute Gasteiger partial charge is 0.497 e. The molecule has 1 aromatic heterocycles. The van der Waals surface area contributed by atoms with Crippen molar-refractivity contribution in [1.29, 1.82) is 0 Å². The molecule has 0 fully saturated rings. The quantitative estimate of drug-likeness (QED) is 0.404. The van der Waals surface area contributed by atoms with Crippen LogP contribution >= 0.6 is 11.3 Å². The molecule has 0 aliphatic carbocycles. The molecule has 0 atom stereocenters. The maximum Gasteiger partial charge on any atom is 0.350 e. The van der Waals surface area contributed by atoms with E-state index in [0.717, 1.165) is 16.9 Å². The highest BCUT2D eigenvalue weighted by molar-refractivity contribution is 7.17. The van der Waals surface area contributed by atoms with Crippen molar-refractivity contribution in [2.24, 2.45) is 5.10 Å². The summed E-state index contributed by atoms with van der Waals surface area (Å²) < 4.78 is 10.0. The molecule has 0 spiro atoms. The van der Waals surface area contributed by atoms with E-state index in [0.29, 0.717) is 15.7 Å². The molecule has 0 unspecified atom stereocenters. The molecule has 0 aliphatic heterocycles. The summed E-state index contributed by atoms with van der Waals surface area (Å²) in [5.74, 6) is 0.328. The summed E-state index contributed by atoms with van der Waals surface area (Å²) in [6, 6.07) is 17.0. The fourth-order valence-corrected chi connectivity index (χ4v) is 3.13. The maximum atomic E-state index is 12.1. The Morgan fingerprint density at radius 2 is 1.96 bits per heavy atom. The number of hydrogen-bond donors (Lipinski definition) is 1. The van der Waals surface area contributed by atoms with E-state index >= 15 is 0 Å². The van der Waals surface area contributed by atoms with E-state index < -0.39 is 5.97 Å². The third-order valence-corrected chi connectivity index (χ3v) is 4.45. The van der Waals surface area contributed by atoms with E-state index in [9.17, 15) is 4.79 Å². The first-order chi connectivity index (χ1) is 12.7. The van der Waals surface area contributed by atoms with Crippen molar-refractivity contribution in [2.75, 3.05) is 19.6 Å². The lowest BCUT2D eigenvalue weighted by Gasteiger charge is -2.00. The fraction of sp³-hybridized carbons (Fsp3) is 0.105. The van der Waals surface area contributed by atoms with E-state index in [1.54, 1.807) is 13.3 Å². The number of hydrogen-bond acceptors (Lipinski definition) is 7. The average molecular weight is 367 g/mol. The molecule has 0 radical (unpaired) electrons. The molecule has 6 nitrogen and oxygen atoms in total. The number of hydrazone groups is 1. The summed E-state index contributed by atoms with van der Waals surface area (Å²) in [6.07, 6.45) is 1.66. The Morgan fingerprint density at radius 3 is 2.69 bits per heavy atom.